The lowest BCUT2D eigenvalue weighted by molar-refractivity contribution is 0.0660. The van der Waals surface area contributed by atoms with Crippen molar-refractivity contribution in [2.24, 2.45) is 7.05 Å². The lowest BCUT2D eigenvalue weighted by Crippen LogP contribution is -2.17. The number of carboxylic acid groups (broad SMARTS) is 1. The van der Waals surface area contributed by atoms with Crippen molar-refractivity contribution >= 4 is 11.9 Å². The minimum atomic E-state index is -1.31. The van der Waals surface area contributed by atoms with Crippen LogP contribution in [0.2, 0.25) is 0 Å². The first-order valence-corrected chi connectivity index (χ1v) is 5.22. The lowest BCUT2D eigenvalue weighted by Gasteiger charge is -2.06. The molecule has 0 aliphatic rings. The number of aromatic carboxylic acids is 1. The summed E-state index contributed by atoms with van der Waals surface area (Å²) < 4.78 is 19.2. The van der Waals surface area contributed by atoms with Crippen molar-refractivity contribution in [3.8, 4) is 5.75 Å². The van der Waals surface area contributed by atoms with Crippen LogP contribution in [0.15, 0.2) is 30.5 Å². The van der Waals surface area contributed by atoms with E-state index in [0.717, 1.165) is 16.9 Å². The van der Waals surface area contributed by atoms with Gasteiger partial charge in [-0.3, -0.25) is 4.68 Å². The van der Waals surface area contributed by atoms with Crippen molar-refractivity contribution in [1.29, 1.82) is 0 Å². The third kappa shape index (κ3) is 2.44. The molecule has 0 saturated heterocycles. The number of esters is 1. The van der Waals surface area contributed by atoms with Gasteiger partial charge in [-0.25, -0.2) is 14.0 Å². The van der Waals surface area contributed by atoms with E-state index in [1.807, 2.05) is 0 Å². The van der Waals surface area contributed by atoms with Crippen LogP contribution in [-0.2, 0) is 7.05 Å². The molecular formula is C12H9FN2O4. The molecule has 0 amide bonds. The number of carboxylic acids is 1. The molecule has 2 rings (SSSR count). The summed E-state index contributed by atoms with van der Waals surface area (Å²) >= 11 is 0. The van der Waals surface area contributed by atoms with E-state index in [1.165, 1.54) is 25.2 Å². The fourth-order valence-corrected chi connectivity index (χ4v) is 1.51. The van der Waals surface area contributed by atoms with Crippen molar-refractivity contribution in [2.45, 2.75) is 0 Å². The Morgan fingerprint density at radius 3 is 2.68 bits per heavy atom. The van der Waals surface area contributed by atoms with Crippen LogP contribution in [0.4, 0.5) is 4.39 Å². The second kappa shape index (κ2) is 4.89. The van der Waals surface area contributed by atoms with E-state index in [0.29, 0.717) is 0 Å². The fourth-order valence-electron chi connectivity index (χ4n) is 1.51. The number of carbonyl (C=O) groups is 2. The van der Waals surface area contributed by atoms with Crippen molar-refractivity contribution in [1.82, 2.24) is 9.78 Å². The molecule has 1 aromatic carbocycles. The Kier molecular flexibility index (Phi) is 3.28. The van der Waals surface area contributed by atoms with Gasteiger partial charge >= 0.3 is 11.9 Å². The maximum Gasteiger partial charge on any atom is 0.362 e. The SMILES string of the molecule is Cn1ncc(C(=O)O)c1C(=O)Oc1ccccc1F. The third-order valence-electron chi connectivity index (χ3n) is 2.40. The van der Waals surface area contributed by atoms with Gasteiger partial charge in [0.2, 0.25) is 0 Å². The van der Waals surface area contributed by atoms with E-state index in [2.05, 4.69) is 5.10 Å². The first-order chi connectivity index (χ1) is 9.00. The number of aromatic nitrogens is 2. The second-order valence-corrected chi connectivity index (χ2v) is 3.66. The molecule has 0 radical (unpaired) electrons. The van der Waals surface area contributed by atoms with Crippen LogP contribution in [0.25, 0.3) is 0 Å². The van der Waals surface area contributed by atoms with Gasteiger partial charge in [0.05, 0.1) is 6.20 Å². The Labute approximate surface area is 107 Å². The second-order valence-electron chi connectivity index (χ2n) is 3.66. The molecule has 0 unspecified atom stereocenters. The molecule has 1 N–H and O–H groups in total. The quantitative estimate of drug-likeness (QED) is 0.670. The van der Waals surface area contributed by atoms with E-state index >= 15 is 0 Å². The number of nitrogens with zero attached hydrogens (tertiary/aromatic N) is 2. The Morgan fingerprint density at radius 1 is 1.37 bits per heavy atom. The zero-order valence-electron chi connectivity index (χ0n) is 9.83. The molecule has 0 aliphatic heterocycles. The summed E-state index contributed by atoms with van der Waals surface area (Å²) in [6.45, 7) is 0. The number of hydrogen-bond acceptors (Lipinski definition) is 4. The van der Waals surface area contributed by atoms with Crippen LogP contribution in [0.1, 0.15) is 20.8 Å². The lowest BCUT2D eigenvalue weighted by atomic mass is 10.2. The fraction of sp³-hybridized carbons (Fsp3) is 0.0833. The summed E-state index contributed by atoms with van der Waals surface area (Å²) in [5.74, 6) is -3.28. The molecule has 1 aromatic heterocycles. The van der Waals surface area contributed by atoms with Gasteiger partial charge in [-0.1, -0.05) is 12.1 Å². The molecule has 0 aliphatic carbocycles. The van der Waals surface area contributed by atoms with E-state index in [-0.39, 0.29) is 17.0 Å². The van der Waals surface area contributed by atoms with E-state index in [1.54, 1.807) is 0 Å². The number of carbonyl (C=O) groups excluding carboxylic acids is 1. The zero-order chi connectivity index (χ0) is 14.0. The smallest absolute Gasteiger partial charge is 0.362 e. The molecule has 1 heterocycles. The normalized spacial score (nSPS) is 10.2. The first-order valence-electron chi connectivity index (χ1n) is 5.22. The molecule has 0 atom stereocenters. The Balaban J connectivity index is 2.33. The van der Waals surface area contributed by atoms with Crippen LogP contribution in [0, 0.1) is 5.82 Å². The van der Waals surface area contributed by atoms with Crippen LogP contribution >= 0.6 is 0 Å². The monoisotopic (exact) mass is 264 g/mol. The Hall–Kier alpha value is -2.70. The maximum absolute atomic E-state index is 13.3. The van der Waals surface area contributed by atoms with Crippen molar-refractivity contribution in [3.63, 3.8) is 0 Å². The van der Waals surface area contributed by atoms with Gasteiger partial charge in [0, 0.05) is 7.05 Å². The van der Waals surface area contributed by atoms with Crippen LogP contribution in [0.5, 0.6) is 5.75 Å². The largest absolute Gasteiger partial charge is 0.478 e. The summed E-state index contributed by atoms with van der Waals surface area (Å²) in [5, 5.41) is 12.6. The van der Waals surface area contributed by atoms with Gasteiger partial charge < -0.3 is 9.84 Å². The predicted octanol–water partition coefficient (Wildman–Crippen LogP) is 1.48. The molecule has 6 nitrogen and oxygen atoms in total. The third-order valence-corrected chi connectivity index (χ3v) is 2.40. The van der Waals surface area contributed by atoms with Crippen molar-refractivity contribution in [3.05, 3.63) is 47.5 Å². The minimum absolute atomic E-state index is 0.254. The van der Waals surface area contributed by atoms with Gasteiger partial charge in [0.1, 0.15) is 5.56 Å². The number of hydrogen-bond donors (Lipinski definition) is 1. The number of halogens is 1. The average Bonchev–Trinajstić information content (AvgIpc) is 2.74. The van der Waals surface area contributed by atoms with Gasteiger partial charge in [0.15, 0.2) is 17.3 Å². The maximum atomic E-state index is 13.3. The molecule has 0 spiro atoms. The molecule has 7 heteroatoms. The highest BCUT2D eigenvalue weighted by atomic mass is 19.1. The average molecular weight is 264 g/mol. The van der Waals surface area contributed by atoms with Crippen molar-refractivity contribution in [2.75, 3.05) is 0 Å². The molecule has 2 aromatic rings. The molecule has 0 bridgehead atoms. The standard InChI is InChI=1S/C12H9FN2O4/c1-15-10(7(6-14-15)11(16)17)12(18)19-9-5-3-2-4-8(9)13/h2-6H,1H3,(H,16,17). The highest BCUT2D eigenvalue weighted by Crippen LogP contribution is 2.18. The topological polar surface area (TPSA) is 81.4 Å². The van der Waals surface area contributed by atoms with Crippen LogP contribution in [0.3, 0.4) is 0 Å². The molecule has 0 fully saturated rings. The zero-order valence-corrected chi connectivity index (χ0v) is 9.83. The van der Waals surface area contributed by atoms with Gasteiger partial charge in [-0.05, 0) is 12.1 Å². The summed E-state index contributed by atoms with van der Waals surface area (Å²) in [5.41, 5.74) is -0.556. The summed E-state index contributed by atoms with van der Waals surface area (Å²) in [6.07, 6.45) is 1.03. The molecule has 0 saturated carbocycles. The van der Waals surface area contributed by atoms with E-state index in [4.69, 9.17) is 9.84 Å². The number of ether oxygens (including phenoxy) is 1. The van der Waals surface area contributed by atoms with Gasteiger partial charge in [-0.15, -0.1) is 0 Å². The number of para-hydroxylation sites is 1. The highest BCUT2D eigenvalue weighted by Gasteiger charge is 2.24. The van der Waals surface area contributed by atoms with E-state index < -0.39 is 17.8 Å². The Bertz CT molecular complexity index is 651. The minimum Gasteiger partial charge on any atom is -0.478 e. The molecule has 98 valence electrons. The highest BCUT2D eigenvalue weighted by molar-refractivity contribution is 6.01. The predicted molar refractivity (Wildman–Crippen MR) is 61.5 cm³/mol. The van der Waals surface area contributed by atoms with Crippen molar-refractivity contribution < 1.29 is 23.8 Å². The Morgan fingerprint density at radius 2 is 2.05 bits per heavy atom. The van der Waals surface area contributed by atoms with Crippen LogP contribution < -0.4 is 4.74 Å². The van der Waals surface area contributed by atoms with Gasteiger partial charge in [-0.2, -0.15) is 5.10 Å². The number of benzene rings is 1. The van der Waals surface area contributed by atoms with E-state index in [9.17, 15) is 14.0 Å². The first kappa shape index (κ1) is 12.7. The van der Waals surface area contributed by atoms with Crippen LogP contribution in [-0.4, -0.2) is 26.8 Å². The molecular weight excluding hydrogens is 255 g/mol. The number of aryl methyl sites for hydroxylation is 1. The summed E-state index contributed by atoms with van der Waals surface area (Å²) in [6, 6.07) is 5.33. The van der Waals surface area contributed by atoms with Gasteiger partial charge in [0.25, 0.3) is 0 Å². The summed E-state index contributed by atoms with van der Waals surface area (Å²) in [4.78, 5) is 22.8. The summed E-state index contributed by atoms with van der Waals surface area (Å²) in [7, 11) is 1.39. The number of rotatable bonds is 3. The molecule has 19 heavy (non-hydrogen) atoms.